The van der Waals surface area contributed by atoms with Gasteiger partial charge in [-0.3, -0.25) is 4.79 Å². The van der Waals surface area contributed by atoms with E-state index in [0.717, 1.165) is 5.56 Å². The number of ether oxygens (including phenoxy) is 1. The third-order valence-electron chi connectivity index (χ3n) is 3.66. The van der Waals surface area contributed by atoms with Crippen molar-refractivity contribution in [1.82, 2.24) is 5.32 Å². The molecule has 0 aliphatic heterocycles. The van der Waals surface area contributed by atoms with Gasteiger partial charge in [0.1, 0.15) is 0 Å². The maximum atomic E-state index is 12.2. The molecule has 6 nitrogen and oxygen atoms in total. The summed E-state index contributed by atoms with van der Waals surface area (Å²) >= 11 is 5.85. The van der Waals surface area contributed by atoms with Crippen molar-refractivity contribution in [1.29, 1.82) is 0 Å². The molecule has 0 aliphatic rings. The van der Waals surface area contributed by atoms with E-state index < -0.39 is 11.9 Å². The Balaban J connectivity index is 1.89. The first-order valence-electron chi connectivity index (χ1n) is 8.17. The Labute approximate surface area is 157 Å². The summed E-state index contributed by atoms with van der Waals surface area (Å²) in [6.07, 6.45) is 0. The van der Waals surface area contributed by atoms with Crippen molar-refractivity contribution in [2.75, 3.05) is 25.1 Å². The molecule has 0 heterocycles. The molecule has 1 atom stereocenters. The molecule has 26 heavy (non-hydrogen) atoms. The van der Waals surface area contributed by atoms with Crippen molar-refractivity contribution in [2.45, 2.75) is 13.0 Å². The largest absolute Gasteiger partial charge is 0.452 e. The molecule has 0 aliphatic carbocycles. The maximum absolute atomic E-state index is 12.2. The van der Waals surface area contributed by atoms with E-state index in [1.165, 1.54) is 0 Å². The summed E-state index contributed by atoms with van der Waals surface area (Å²) in [6, 6.07) is 13.7. The fraction of sp³-hybridized carbons (Fsp3) is 0.263. The van der Waals surface area contributed by atoms with Crippen molar-refractivity contribution < 1.29 is 19.4 Å². The topological polar surface area (TPSA) is 87.7 Å². The van der Waals surface area contributed by atoms with Crippen molar-refractivity contribution >= 4 is 29.2 Å². The number of nitrogens with one attached hydrogen (secondary N) is 2. The minimum atomic E-state index is -0.611. The van der Waals surface area contributed by atoms with Crippen LogP contribution < -0.4 is 10.6 Å². The standard InChI is InChI=1S/C19H21ClN2O4/c1-13(14-6-8-15(20)9-7-14)22-18(24)12-26-19(25)16-4-2-3-5-17(16)21-10-11-23/h2-9,13,21,23H,10-12H2,1H3,(H,22,24)/t13-/m1/s1. The number of anilines is 1. The zero-order chi connectivity index (χ0) is 18.9. The molecule has 0 unspecified atom stereocenters. The summed E-state index contributed by atoms with van der Waals surface area (Å²) in [5.74, 6) is -1.01. The van der Waals surface area contributed by atoms with Crippen molar-refractivity contribution in [3.05, 3.63) is 64.7 Å². The average Bonchev–Trinajstić information content (AvgIpc) is 2.65. The molecule has 0 saturated heterocycles. The fourth-order valence-corrected chi connectivity index (χ4v) is 2.46. The van der Waals surface area contributed by atoms with Crippen molar-refractivity contribution in [3.63, 3.8) is 0 Å². The van der Waals surface area contributed by atoms with Crippen LogP contribution in [0.1, 0.15) is 28.9 Å². The van der Waals surface area contributed by atoms with Gasteiger partial charge in [0, 0.05) is 17.3 Å². The number of aliphatic hydroxyl groups excluding tert-OH is 1. The Bertz CT molecular complexity index is 749. The molecular formula is C19H21ClN2O4. The molecule has 1 amide bonds. The molecule has 3 N–H and O–H groups in total. The van der Waals surface area contributed by atoms with Crippen LogP contribution in [-0.2, 0) is 9.53 Å². The summed E-state index contributed by atoms with van der Waals surface area (Å²) in [7, 11) is 0. The Morgan fingerprint density at radius 2 is 1.85 bits per heavy atom. The molecule has 0 bridgehead atoms. The number of para-hydroxylation sites is 1. The average molecular weight is 377 g/mol. The van der Waals surface area contributed by atoms with Gasteiger partial charge in [0.25, 0.3) is 5.91 Å². The minimum absolute atomic E-state index is 0.0611. The number of hydrogen-bond donors (Lipinski definition) is 3. The van der Waals surface area contributed by atoms with E-state index in [1.807, 2.05) is 19.1 Å². The van der Waals surface area contributed by atoms with Gasteiger partial charge in [0.05, 0.1) is 18.2 Å². The smallest absolute Gasteiger partial charge is 0.340 e. The van der Waals surface area contributed by atoms with Gasteiger partial charge < -0.3 is 20.5 Å². The van der Waals surface area contributed by atoms with E-state index in [2.05, 4.69) is 10.6 Å². The number of amides is 1. The number of aliphatic hydroxyl groups is 1. The zero-order valence-corrected chi connectivity index (χ0v) is 15.1. The van der Waals surface area contributed by atoms with Gasteiger partial charge in [-0.2, -0.15) is 0 Å². The van der Waals surface area contributed by atoms with Crippen molar-refractivity contribution in [2.24, 2.45) is 0 Å². The van der Waals surface area contributed by atoms with Gasteiger partial charge in [-0.05, 0) is 36.8 Å². The summed E-state index contributed by atoms with van der Waals surface area (Å²) in [5.41, 5.74) is 1.74. The van der Waals surface area contributed by atoms with Crippen LogP contribution in [-0.4, -0.2) is 36.7 Å². The molecule has 0 radical (unpaired) electrons. The molecule has 0 spiro atoms. The number of rotatable bonds is 8. The zero-order valence-electron chi connectivity index (χ0n) is 14.4. The van der Waals surface area contributed by atoms with Gasteiger partial charge in [-0.1, -0.05) is 35.9 Å². The van der Waals surface area contributed by atoms with Crippen LogP contribution in [0.2, 0.25) is 5.02 Å². The van der Waals surface area contributed by atoms with Gasteiger partial charge >= 0.3 is 5.97 Å². The number of hydrogen-bond acceptors (Lipinski definition) is 5. The highest BCUT2D eigenvalue weighted by Gasteiger charge is 2.15. The third-order valence-corrected chi connectivity index (χ3v) is 3.91. The molecular weight excluding hydrogens is 356 g/mol. The van der Waals surface area contributed by atoms with E-state index in [-0.39, 0.29) is 19.3 Å². The first-order chi connectivity index (χ1) is 12.5. The first-order valence-corrected chi connectivity index (χ1v) is 8.54. The van der Waals surface area contributed by atoms with Gasteiger partial charge in [-0.15, -0.1) is 0 Å². The van der Waals surface area contributed by atoms with E-state index in [0.29, 0.717) is 22.8 Å². The highest BCUT2D eigenvalue weighted by Crippen LogP contribution is 2.17. The predicted octanol–water partition coefficient (Wildman–Crippen LogP) is 2.78. The summed E-state index contributed by atoms with van der Waals surface area (Å²) < 4.78 is 5.09. The van der Waals surface area contributed by atoms with Gasteiger partial charge in [0.2, 0.25) is 0 Å². The lowest BCUT2D eigenvalue weighted by Gasteiger charge is -2.15. The Morgan fingerprint density at radius 1 is 1.15 bits per heavy atom. The van der Waals surface area contributed by atoms with Crippen LogP contribution in [0.4, 0.5) is 5.69 Å². The highest BCUT2D eigenvalue weighted by molar-refractivity contribution is 6.30. The number of halogens is 1. The number of benzene rings is 2. The molecule has 138 valence electrons. The number of carbonyl (C=O) groups excluding carboxylic acids is 2. The molecule has 2 aromatic rings. The van der Waals surface area contributed by atoms with E-state index in [9.17, 15) is 9.59 Å². The van der Waals surface area contributed by atoms with Gasteiger partial charge in [0.15, 0.2) is 6.61 Å². The van der Waals surface area contributed by atoms with E-state index >= 15 is 0 Å². The summed E-state index contributed by atoms with van der Waals surface area (Å²) in [5, 5.41) is 15.2. The molecule has 2 rings (SSSR count). The third kappa shape index (κ3) is 5.75. The van der Waals surface area contributed by atoms with Gasteiger partial charge in [-0.25, -0.2) is 4.79 Å². The first kappa shape index (κ1) is 19.8. The maximum Gasteiger partial charge on any atom is 0.340 e. The second kappa shape index (κ2) is 9.79. The van der Waals surface area contributed by atoms with Crippen LogP contribution >= 0.6 is 11.6 Å². The second-order valence-corrected chi connectivity index (χ2v) is 6.05. The SMILES string of the molecule is C[C@@H](NC(=O)COC(=O)c1ccccc1NCCO)c1ccc(Cl)cc1. The molecule has 0 aromatic heterocycles. The minimum Gasteiger partial charge on any atom is -0.452 e. The fourth-order valence-electron chi connectivity index (χ4n) is 2.33. The van der Waals surface area contributed by atoms with E-state index in [4.69, 9.17) is 21.4 Å². The monoisotopic (exact) mass is 376 g/mol. The lowest BCUT2D eigenvalue weighted by Crippen LogP contribution is -2.31. The van der Waals surface area contributed by atoms with Crippen LogP contribution in [0, 0.1) is 0 Å². The summed E-state index contributed by atoms with van der Waals surface area (Å²) in [6.45, 7) is 1.69. The Kier molecular flexibility index (Phi) is 7.44. The van der Waals surface area contributed by atoms with Crippen LogP contribution in [0.3, 0.4) is 0 Å². The quantitative estimate of drug-likeness (QED) is 0.616. The summed E-state index contributed by atoms with van der Waals surface area (Å²) in [4.78, 5) is 24.2. The molecule has 0 fully saturated rings. The van der Waals surface area contributed by atoms with E-state index in [1.54, 1.807) is 36.4 Å². The van der Waals surface area contributed by atoms with Crippen LogP contribution in [0.5, 0.6) is 0 Å². The molecule has 7 heteroatoms. The highest BCUT2D eigenvalue weighted by atomic mass is 35.5. The molecule has 2 aromatic carbocycles. The Hall–Kier alpha value is -2.57. The second-order valence-electron chi connectivity index (χ2n) is 5.61. The number of esters is 1. The molecule has 0 saturated carbocycles. The van der Waals surface area contributed by atoms with Crippen LogP contribution in [0.15, 0.2) is 48.5 Å². The van der Waals surface area contributed by atoms with Crippen LogP contribution in [0.25, 0.3) is 0 Å². The van der Waals surface area contributed by atoms with Crippen molar-refractivity contribution in [3.8, 4) is 0 Å². The predicted molar refractivity (Wildman–Crippen MR) is 100 cm³/mol. The Morgan fingerprint density at radius 3 is 2.54 bits per heavy atom. The lowest BCUT2D eigenvalue weighted by molar-refractivity contribution is -0.124. The normalized spacial score (nSPS) is 11.5. The lowest BCUT2D eigenvalue weighted by atomic mass is 10.1. The number of carbonyl (C=O) groups is 2.